The Balaban J connectivity index is 1.85. The molecule has 0 saturated carbocycles. The topological polar surface area (TPSA) is 86.8 Å². The van der Waals surface area contributed by atoms with E-state index >= 15 is 0 Å². The van der Waals surface area contributed by atoms with E-state index in [2.05, 4.69) is 5.32 Å². The van der Waals surface area contributed by atoms with Crippen molar-refractivity contribution in [3.63, 3.8) is 0 Å². The van der Waals surface area contributed by atoms with E-state index in [1.807, 2.05) is 75.4 Å². The summed E-state index contributed by atoms with van der Waals surface area (Å²) in [5, 5.41) is 4.65. The first-order chi connectivity index (χ1) is 17.1. The third-order valence-electron chi connectivity index (χ3n) is 6.05. The molecule has 3 rings (SSSR count). The monoisotopic (exact) mass is 509 g/mol. The summed E-state index contributed by atoms with van der Waals surface area (Å²) in [6.45, 7) is 6.17. The molecular formula is C28H35N3O4S. The highest BCUT2D eigenvalue weighted by Crippen LogP contribution is 2.22. The van der Waals surface area contributed by atoms with Gasteiger partial charge in [0, 0.05) is 20.1 Å². The molecule has 192 valence electrons. The molecule has 1 atom stereocenters. The van der Waals surface area contributed by atoms with Gasteiger partial charge in [0.1, 0.15) is 6.04 Å². The van der Waals surface area contributed by atoms with Gasteiger partial charge in [-0.25, -0.2) is 8.42 Å². The molecule has 0 saturated heterocycles. The summed E-state index contributed by atoms with van der Waals surface area (Å²) < 4.78 is 27.7. The van der Waals surface area contributed by atoms with Gasteiger partial charge in [-0.3, -0.25) is 9.59 Å². The smallest absolute Gasteiger partial charge is 0.243 e. The Labute approximate surface area is 214 Å². The van der Waals surface area contributed by atoms with Crippen LogP contribution in [-0.4, -0.2) is 55.6 Å². The van der Waals surface area contributed by atoms with Gasteiger partial charge in [0.05, 0.1) is 11.4 Å². The molecule has 0 heterocycles. The van der Waals surface area contributed by atoms with Crippen molar-refractivity contribution in [2.24, 2.45) is 5.92 Å². The molecule has 3 aromatic carbocycles. The number of benzene rings is 3. The van der Waals surface area contributed by atoms with Crippen LogP contribution in [-0.2, 0) is 26.2 Å². The number of hydrogen-bond acceptors (Lipinski definition) is 4. The van der Waals surface area contributed by atoms with Crippen LogP contribution >= 0.6 is 0 Å². The highest BCUT2D eigenvalue weighted by Gasteiger charge is 2.31. The van der Waals surface area contributed by atoms with Gasteiger partial charge in [0.25, 0.3) is 0 Å². The molecule has 1 N–H and O–H groups in total. The zero-order chi connectivity index (χ0) is 26.3. The van der Waals surface area contributed by atoms with Crippen molar-refractivity contribution in [3.05, 3.63) is 78.4 Å². The molecule has 3 aromatic rings. The lowest BCUT2D eigenvalue weighted by Gasteiger charge is -2.32. The van der Waals surface area contributed by atoms with Crippen LogP contribution in [0.4, 0.5) is 0 Å². The number of carbonyl (C=O) groups is 2. The molecule has 0 unspecified atom stereocenters. The van der Waals surface area contributed by atoms with E-state index in [-0.39, 0.29) is 29.8 Å². The predicted octanol–water partition coefficient (Wildman–Crippen LogP) is 4.04. The average molecular weight is 510 g/mol. The number of rotatable bonds is 11. The van der Waals surface area contributed by atoms with Crippen molar-refractivity contribution in [1.29, 1.82) is 0 Å². The maximum atomic E-state index is 13.5. The molecule has 2 amide bonds. The number of nitrogens with zero attached hydrogens (tertiary/aromatic N) is 2. The Morgan fingerprint density at radius 2 is 1.56 bits per heavy atom. The molecule has 0 aliphatic rings. The molecule has 0 fully saturated rings. The fourth-order valence-electron chi connectivity index (χ4n) is 4.00. The summed E-state index contributed by atoms with van der Waals surface area (Å²) in [5.41, 5.74) is 0.862. The minimum absolute atomic E-state index is 0.118. The molecule has 8 heteroatoms. The third-order valence-corrected chi connectivity index (χ3v) is 7.85. The molecular weight excluding hydrogens is 474 g/mol. The van der Waals surface area contributed by atoms with E-state index in [1.54, 1.807) is 18.2 Å². The van der Waals surface area contributed by atoms with Gasteiger partial charge in [-0.1, -0.05) is 81.4 Å². The summed E-state index contributed by atoms with van der Waals surface area (Å²) in [6, 6.07) is 21.1. The first-order valence-corrected chi connectivity index (χ1v) is 13.6. The number of sulfonamides is 1. The second-order valence-electron chi connectivity index (χ2n) is 9.34. The highest BCUT2D eigenvalue weighted by molar-refractivity contribution is 7.89. The molecule has 0 aliphatic carbocycles. The van der Waals surface area contributed by atoms with E-state index in [4.69, 9.17) is 0 Å². The quantitative estimate of drug-likeness (QED) is 0.423. The lowest BCUT2D eigenvalue weighted by molar-refractivity contribution is -0.141. The van der Waals surface area contributed by atoms with Crippen molar-refractivity contribution in [2.45, 2.75) is 44.7 Å². The molecule has 0 bridgehead atoms. The van der Waals surface area contributed by atoms with Crippen molar-refractivity contribution >= 4 is 32.6 Å². The highest BCUT2D eigenvalue weighted by atomic mass is 32.2. The third kappa shape index (κ3) is 6.71. The Kier molecular flexibility index (Phi) is 9.23. The van der Waals surface area contributed by atoms with Gasteiger partial charge in [0.15, 0.2) is 0 Å². The zero-order valence-corrected chi connectivity index (χ0v) is 22.2. The Morgan fingerprint density at radius 1 is 0.917 bits per heavy atom. The number of fused-ring (bicyclic) bond motifs is 1. The van der Waals surface area contributed by atoms with Gasteiger partial charge < -0.3 is 10.2 Å². The van der Waals surface area contributed by atoms with Crippen LogP contribution in [0.3, 0.4) is 0 Å². The first kappa shape index (κ1) is 27.4. The fraction of sp³-hybridized carbons (Fsp3) is 0.357. The van der Waals surface area contributed by atoms with Crippen molar-refractivity contribution < 1.29 is 18.0 Å². The molecule has 36 heavy (non-hydrogen) atoms. The van der Waals surface area contributed by atoms with E-state index in [1.165, 1.54) is 11.9 Å². The van der Waals surface area contributed by atoms with E-state index in [0.29, 0.717) is 13.0 Å². The molecule has 7 nitrogen and oxygen atoms in total. The second kappa shape index (κ2) is 12.1. The van der Waals surface area contributed by atoms with E-state index in [0.717, 1.165) is 20.6 Å². The van der Waals surface area contributed by atoms with Gasteiger partial charge >= 0.3 is 0 Å². The van der Waals surface area contributed by atoms with Crippen LogP contribution in [0.15, 0.2) is 77.7 Å². The maximum Gasteiger partial charge on any atom is 0.243 e. The summed E-state index contributed by atoms with van der Waals surface area (Å²) in [7, 11) is -2.53. The van der Waals surface area contributed by atoms with Crippen LogP contribution in [0.2, 0.25) is 0 Å². The second-order valence-corrected chi connectivity index (χ2v) is 11.4. The van der Waals surface area contributed by atoms with Crippen LogP contribution in [0, 0.1) is 5.92 Å². The summed E-state index contributed by atoms with van der Waals surface area (Å²) >= 11 is 0. The van der Waals surface area contributed by atoms with Crippen LogP contribution in [0.1, 0.15) is 32.8 Å². The van der Waals surface area contributed by atoms with Crippen molar-refractivity contribution in [3.8, 4) is 0 Å². The molecule has 0 aromatic heterocycles. The molecule has 0 radical (unpaired) electrons. The van der Waals surface area contributed by atoms with E-state index < -0.39 is 22.0 Å². The van der Waals surface area contributed by atoms with Gasteiger partial charge in [-0.2, -0.15) is 4.31 Å². The number of carbonyl (C=O) groups excluding carboxylic acids is 2. The van der Waals surface area contributed by atoms with E-state index in [9.17, 15) is 18.0 Å². The fourth-order valence-corrected chi connectivity index (χ4v) is 5.15. The standard InChI is InChI=1S/C28H35N3O4S/c1-5-26(28(33)29-18-21(2)3)31(19-22-11-7-6-8-12-22)27(32)20-30(4)36(34,35)25-16-15-23-13-9-10-14-24(23)17-25/h6-17,21,26H,5,18-20H2,1-4H3,(H,29,33)/t26-/m1/s1. The van der Waals surface area contributed by atoms with Crippen molar-refractivity contribution in [1.82, 2.24) is 14.5 Å². The zero-order valence-electron chi connectivity index (χ0n) is 21.3. The predicted molar refractivity (Wildman–Crippen MR) is 143 cm³/mol. The SMILES string of the molecule is CC[C@H](C(=O)NCC(C)C)N(Cc1ccccc1)C(=O)CN(C)S(=O)(=O)c1ccc2ccccc2c1. The molecule has 0 spiro atoms. The van der Waals surface area contributed by atoms with Gasteiger partial charge in [0.2, 0.25) is 21.8 Å². The van der Waals surface area contributed by atoms with Gasteiger partial charge in [-0.05, 0) is 40.8 Å². The number of amides is 2. The Morgan fingerprint density at radius 3 is 2.19 bits per heavy atom. The van der Waals surface area contributed by atoms with Crippen molar-refractivity contribution in [2.75, 3.05) is 20.1 Å². The number of likely N-dealkylation sites (N-methyl/N-ethyl adjacent to an activating group) is 1. The van der Waals surface area contributed by atoms with Crippen LogP contribution < -0.4 is 5.32 Å². The molecule has 0 aliphatic heterocycles. The minimum Gasteiger partial charge on any atom is -0.354 e. The minimum atomic E-state index is -3.92. The lowest BCUT2D eigenvalue weighted by Crippen LogP contribution is -2.52. The number of nitrogens with one attached hydrogen (secondary N) is 1. The lowest BCUT2D eigenvalue weighted by atomic mass is 10.1. The van der Waals surface area contributed by atoms with Crippen LogP contribution in [0.25, 0.3) is 10.8 Å². The Hall–Kier alpha value is -3.23. The summed E-state index contributed by atoms with van der Waals surface area (Å²) in [5.74, 6) is -0.407. The summed E-state index contributed by atoms with van der Waals surface area (Å²) in [4.78, 5) is 28.1. The first-order valence-electron chi connectivity index (χ1n) is 12.2. The average Bonchev–Trinajstić information content (AvgIpc) is 2.87. The normalized spacial score (nSPS) is 12.6. The number of hydrogen-bond donors (Lipinski definition) is 1. The summed E-state index contributed by atoms with van der Waals surface area (Å²) in [6.07, 6.45) is 0.406. The van der Waals surface area contributed by atoms with Gasteiger partial charge in [-0.15, -0.1) is 0 Å². The largest absolute Gasteiger partial charge is 0.354 e. The maximum absolute atomic E-state index is 13.5. The van der Waals surface area contributed by atoms with Crippen LogP contribution in [0.5, 0.6) is 0 Å². The Bertz CT molecular complexity index is 1290.